The number of hydrogen-bond acceptors (Lipinski definition) is 8. The number of halogens is 4. The highest BCUT2D eigenvalue weighted by atomic mass is 35.5. The Labute approximate surface area is 158 Å². The lowest BCUT2D eigenvalue weighted by Gasteiger charge is -2.24. The first-order valence-corrected chi connectivity index (χ1v) is 9.72. The fourth-order valence-corrected chi connectivity index (χ4v) is 3.87. The Morgan fingerprint density at radius 3 is 2.63 bits per heavy atom. The van der Waals surface area contributed by atoms with Crippen LogP contribution >= 0.6 is 11.6 Å². The third-order valence-electron chi connectivity index (χ3n) is 4.27. The monoisotopic (exact) mass is 431 g/mol. The van der Waals surface area contributed by atoms with Gasteiger partial charge in [0.05, 0.1) is 18.8 Å². The van der Waals surface area contributed by atoms with Gasteiger partial charge < -0.3 is 14.8 Å². The van der Waals surface area contributed by atoms with Crippen LogP contribution in [0.15, 0.2) is 12.4 Å². The SMILES string of the molecule is CC1(C)O[C@@H]2[C@@H](COS(=O)(=O)C(F)(F)F)C[C@@H](Nc3cc(Cl)ncn3)[C@@H]2O1. The van der Waals surface area contributed by atoms with E-state index in [0.717, 1.165) is 0 Å². The first kappa shape index (κ1) is 20.5. The highest BCUT2D eigenvalue weighted by Gasteiger charge is 2.55. The van der Waals surface area contributed by atoms with Crippen LogP contribution < -0.4 is 5.32 Å². The molecule has 1 aliphatic carbocycles. The Morgan fingerprint density at radius 2 is 2.00 bits per heavy atom. The Balaban J connectivity index is 1.74. The minimum atomic E-state index is -5.68. The van der Waals surface area contributed by atoms with Crippen molar-refractivity contribution in [1.82, 2.24) is 9.97 Å². The molecular formula is C14H17ClF3N3O5S. The smallest absolute Gasteiger partial charge is 0.364 e. The van der Waals surface area contributed by atoms with E-state index in [-0.39, 0.29) is 11.6 Å². The summed E-state index contributed by atoms with van der Waals surface area (Å²) in [7, 11) is -5.68. The van der Waals surface area contributed by atoms with Crippen LogP contribution in [-0.2, 0) is 23.8 Å². The van der Waals surface area contributed by atoms with Crippen LogP contribution in [0, 0.1) is 5.92 Å². The molecule has 0 spiro atoms. The third-order valence-corrected chi connectivity index (χ3v) is 5.49. The fourth-order valence-electron chi connectivity index (χ4n) is 3.24. The van der Waals surface area contributed by atoms with Crippen LogP contribution in [0.2, 0.25) is 5.15 Å². The average molecular weight is 432 g/mol. The summed E-state index contributed by atoms with van der Waals surface area (Å²) in [6, 6.07) is 1.08. The predicted octanol–water partition coefficient (Wildman–Crippen LogP) is 2.32. The number of nitrogens with one attached hydrogen (secondary N) is 1. The van der Waals surface area contributed by atoms with Crippen molar-refractivity contribution in [2.24, 2.45) is 5.92 Å². The van der Waals surface area contributed by atoms with Crippen molar-refractivity contribution in [2.45, 2.75) is 49.8 Å². The van der Waals surface area contributed by atoms with Crippen LogP contribution in [0.25, 0.3) is 0 Å². The maximum absolute atomic E-state index is 12.5. The largest absolute Gasteiger partial charge is 0.523 e. The van der Waals surface area contributed by atoms with E-state index in [0.29, 0.717) is 5.82 Å². The van der Waals surface area contributed by atoms with E-state index in [1.165, 1.54) is 12.4 Å². The van der Waals surface area contributed by atoms with Gasteiger partial charge in [0.25, 0.3) is 0 Å². The lowest BCUT2D eigenvalue weighted by molar-refractivity contribution is -0.158. The van der Waals surface area contributed by atoms with E-state index < -0.39 is 52.2 Å². The molecule has 1 N–H and O–H groups in total. The molecule has 1 saturated heterocycles. The maximum Gasteiger partial charge on any atom is 0.523 e. The summed E-state index contributed by atoms with van der Waals surface area (Å²) in [5.74, 6) is -1.21. The number of fused-ring (bicyclic) bond motifs is 1. The van der Waals surface area contributed by atoms with E-state index in [4.69, 9.17) is 21.1 Å². The molecule has 152 valence electrons. The molecule has 27 heavy (non-hydrogen) atoms. The van der Waals surface area contributed by atoms with Crippen LogP contribution in [0.1, 0.15) is 20.3 Å². The predicted molar refractivity (Wildman–Crippen MR) is 87.3 cm³/mol. The molecule has 0 amide bonds. The third kappa shape index (κ3) is 4.45. The minimum absolute atomic E-state index is 0.210. The second-order valence-corrected chi connectivity index (χ2v) is 8.72. The van der Waals surface area contributed by atoms with Crippen LogP contribution in [0.4, 0.5) is 19.0 Å². The molecule has 13 heteroatoms. The van der Waals surface area contributed by atoms with Gasteiger partial charge >= 0.3 is 15.6 Å². The molecule has 0 bridgehead atoms. The Kier molecular flexibility index (Phi) is 5.32. The lowest BCUT2D eigenvalue weighted by atomic mass is 10.1. The van der Waals surface area contributed by atoms with E-state index >= 15 is 0 Å². The molecule has 2 fully saturated rings. The summed E-state index contributed by atoms with van der Waals surface area (Å²) in [5, 5.41) is 3.29. The van der Waals surface area contributed by atoms with Crippen molar-refractivity contribution < 1.29 is 35.2 Å². The van der Waals surface area contributed by atoms with E-state index in [1.54, 1.807) is 13.8 Å². The second kappa shape index (κ2) is 6.99. The van der Waals surface area contributed by atoms with Gasteiger partial charge in [-0.2, -0.15) is 21.6 Å². The van der Waals surface area contributed by atoms with E-state index in [1.807, 2.05) is 0 Å². The standard InChI is InChI=1S/C14H17ClF3N3O5S/c1-13(2)25-11-7(5-24-27(22,23)14(16,17)18)3-8(12(11)26-13)21-10-4-9(15)19-6-20-10/h4,6-8,11-12H,3,5H2,1-2H3,(H,19,20,21)/t7-,8-,11-,12+/m1/s1. The molecule has 4 atom stereocenters. The normalized spacial score (nSPS) is 30.3. The molecule has 2 aliphatic rings. The zero-order chi connectivity index (χ0) is 20.0. The topological polar surface area (TPSA) is 99.6 Å². The second-order valence-electron chi connectivity index (χ2n) is 6.72. The molecule has 0 aromatic carbocycles. The van der Waals surface area contributed by atoms with Gasteiger partial charge in [0, 0.05) is 12.0 Å². The van der Waals surface area contributed by atoms with Crippen molar-refractivity contribution in [3.63, 3.8) is 0 Å². The highest BCUT2D eigenvalue weighted by molar-refractivity contribution is 7.87. The molecule has 1 aromatic rings. The van der Waals surface area contributed by atoms with Gasteiger partial charge in [-0.25, -0.2) is 9.97 Å². The summed E-state index contributed by atoms with van der Waals surface area (Å²) in [6.07, 6.45) is 0.332. The molecular weight excluding hydrogens is 415 g/mol. The average Bonchev–Trinajstić information content (AvgIpc) is 2.99. The number of alkyl halides is 3. The van der Waals surface area contributed by atoms with Crippen molar-refractivity contribution in [3.05, 3.63) is 17.5 Å². The van der Waals surface area contributed by atoms with Crippen molar-refractivity contribution >= 4 is 27.5 Å². The van der Waals surface area contributed by atoms with Crippen molar-refractivity contribution in [2.75, 3.05) is 11.9 Å². The number of nitrogens with zero attached hydrogens (tertiary/aromatic N) is 2. The summed E-state index contributed by atoms with van der Waals surface area (Å²) < 4.78 is 75.6. The first-order valence-electron chi connectivity index (χ1n) is 7.93. The van der Waals surface area contributed by atoms with Gasteiger partial charge in [-0.1, -0.05) is 11.6 Å². The van der Waals surface area contributed by atoms with Crippen LogP contribution in [0.5, 0.6) is 0 Å². The molecule has 1 aliphatic heterocycles. The zero-order valence-corrected chi connectivity index (χ0v) is 15.8. The summed E-state index contributed by atoms with van der Waals surface area (Å²) in [6.45, 7) is 2.65. The number of aromatic nitrogens is 2. The van der Waals surface area contributed by atoms with Crippen LogP contribution in [-0.4, -0.2) is 54.5 Å². The lowest BCUT2D eigenvalue weighted by Crippen LogP contribution is -2.34. The number of anilines is 1. The summed E-state index contributed by atoms with van der Waals surface area (Å²) in [5.41, 5.74) is -5.48. The Hall–Kier alpha value is -1.21. The molecule has 0 unspecified atom stereocenters. The number of rotatable bonds is 5. The van der Waals surface area contributed by atoms with Gasteiger partial charge in [-0.15, -0.1) is 0 Å². The molecule has 1 aromatic heterocycles. The molecule has 3 rings (SSSR count). The first-order chi connectivity index (χ1) is 12.4. The van der Waals surface area contributed by atoms with Gasteiger partial charge in [0.15, 0.2) is 5.79 Å². The van der Waals surface area contributed by atoms with E-state index in [9.17, 15) is 21.6 Å². The number of hydrogen-bond donors (Lipinski definition) is 1. The quantitative estimate of drug-likeness (QED) is 0.431. The zero-order valence-electron chi connectivity index (χ0n) is 14.2. The van der Waals surface area contributed by atoms with Gasteiger partial charge in [0.2, 0.25) is 0 Å². The minimum Gasteiger partial charge on any atom is -0.364 e. The highest BCUT2D eigenvalue weighted by Crippen LogP contribution is 2.43. The van der Waals surface area contributed by atoms with E-state index in [2.05, 4.69) is 19.5 Å². The van der Waals surface area contributed by atoms with Crippen molar-refractivity contribution in [3.8, 4) is 0 Å². The Morgan fingerprint density at radius 1 is 1.33 bits per heavy atom. The maximum atomic E-state index is 12.5. The van der Waals surface area contributed by atoms with Gasteiger partial charge in [-0.3, -0.25) is 4.18 Å². The fraction of sp³-hybridized carbons (Fsp3) is 0.714. The van der Waals surface area contributed by atoms with Crippen LogP contribution in [0.3, 0.4) is 0 Å². The van der Waals surface area contributed by atoms with Crippen molar-refractivity contribution in [1.29, 1.82) is 0 Å². The molecule has 1 saturated carbocycles. The Bertz CT molecular complexity index is 807. The van der Waals surface area contributed by atoms with Gasteiger partial charge in [0.1, 0.15) is 23.4 Å². The molecule has 8 nitrogen and oxygen atoms in total. The number of ether oxygens (including phenoxy) is 2. The summed E-state index contributed by atoms with van der Waals surface area (Å²) >= 11 is 5.82. The molecule has 2 heterocycles. The van der Waals surface area contributed by atoms with Gasteiger partial charge in [-0.05, 0) is 20.3 Å². The summed E-state index contributed by atoms with van der Waals surface area (Å²) in [4.78, 5) is 7.78. The molecule has 0 radical (unpaired) electrons.